The van der Waals surface area contributed by atoms with Crippen LogP contribution in [0.25, 0.3) is 0 Å². The first-order valence-corrected chi connectivity index (χ1v) is 6.23. The number of benzene rings is 1. The average Bonchev–Trinajstić information content (AvgIpc) is 2.77. The molecule has 0 unspecified atom stereocenters. The van der Waals surface area contributed by atoms with E-state index in [1.165, 1.54) is 0 Å². The predicted molar refractivity (Wildman–Crippen MR) is 74.4 cm³/mol. The monoisotopic (exact) mass is 261 g/mol. The van der Waals surface area contributed by atoms with Crippen LogP contribution in [0.4, 0.5) is 5.69 Å². The van der Waals surface area contributed by atoms with E-state index in [0.717, 1.165) is 23.7 Å². The average molecular weight is 261 g/mol. The lowest BCUT2D eigenvalue weighted by atomic mass is 10.3. The van der Waals surface area contributed by atoms with Gasteiger partial charge in [-0.05, 0) is 32.0 Å². The lowest BCUT2D eigenvalue weighted by Crippen LogP contribution is -2.06. The van der Waals surface area contributed by atoms with E-state index in [1.54, 1.807) is 19.2 Å². The van der Waals surface area contributed by atoms with E-state index in [1.807, 2.05) is 23.7 Å². The number of nitrogen functional groups attached to an aromatic ring is 1. The minimum absolute atomic E-state index is 0.473. The Morgan fingerprint density at radius 2 is 2.11 bits per heavy atom. The van der Waals surface area contributed by atoms with E-state index in [2.05, 4.69) is 12.0 Å². The molecule has 0 saturated heterocycles. The summed E-state index contributed by atoms with van der Waals surface area (Å²) in [5.74, 6) is 1.38. The number of ether oxygens (including phenoxy) is 2. The van der Waals surface area contributed by atoms with Crippen LogP contribution in [0.3, 0.4) is 0 Å². The molecule has 0 aliphatic rings. The van der Waals surface area contributed by atoms with E-state index < -0.39 is 0 Å². The number of nitrogens with zero attached hydrogens (tertiary/aromatic N) is 2. The summed E-state index contributed by atoms with van der Waals surface area (Å²) in [7, 11) is 1.59. The first kappa shape index (κ1) is 13.3. The molecule has 19 heavy (non-hydrogen) atoms. The molecule has 1 heterocycles. The van der Waals surface area contributed by atoms with Gasteiger partial charge < -0.3 is 15.2 Å². The maximum atomic E-state index is 5.84. The van der Waals surface area contributed by atoms with Gasteiger partial charge in [0.15, 0.2) is 0 Å². The second kappa shape index (κ2) is 5.65. The van der Waals surface area contributed by atoms with Gasteiger partial charge in [-0.25, -0.2) is 0 Å². The summed E-state index contributed by atoms with van der Waals surface area (Å²) in [6.07, 6.45) is 0. The molecule has 0 radical (unpaired) electrons. The Hall–Kier alpha value is -2.17. The van der Waals surface area contributed by atoms with Gasteiger partial charge in [0.1, 0.15) is 18.1 Å². The highest BCUT2D eigenvalue weighted by molar-refractivity contribution is 5.56. The molecule has 1 aromatic carbocycles. The van der Waals surface area contributed by atoms with Crippen molar-refractivity contribution >= 4 is 5.69 Å². The molecule has 0 spiro atoms. The van der Waals surface area contributed by atoms with Crippen LogP contribution >= 0.6 is 0 Å². The number of hydrogen-bond donors (Lipinski definition) is 1. The molecule has 0 bridgehead atoms. The first-order chi connectivity index (χ1) is 9.13. The molecule has 5 heteroatoms. The van der Waals surface area contributed by atoms with Crippen LogP contribution in [-0.2, 0) is 13.2 Å². The summed E-state index contributed by atoms with van der Waals surface area (Å²) >= 11 is 0. The van der Waals surface area contributed by atoms with E-state index in [9.17, 15) is 0 Å². The molecular formula is C14H19N3O2. The standard InChI is InChI=1S/C14H19N3O2/c1-4-17-11(7-10(2)16-17)9-19-12-5-6-14(18-3)13(15)8-12/h5-8H,4,9,15H2,1-3H3. The molecule has 0 atom stereocenters. The Balaban J connectivity index is 2.07. The van der Waals surface area contributed by atoms with E-state index in [4.69, 9.17) is 15.2 Å². The first-order valence-electron chi connectivity index (χ1n) is 6.23. The molecule has 0 aliphatic carbocycles. The van der Waals surface area contributed by atoms with Crippen molar-refractivity contribution in [2.75, 3.05) is 12.8 Å². The lowest BCUT2D eigenvalue weighted by Gasteiger charge is -2.10. The van der Waals surface area contributed by atoms with E-state index in [-0.39, 0.29) is 0 Å². The third-order valence-corrected chi connectivity index (χ3v) is 2.87. The third-order valence-electron chi connectivity index (χ3n) is 2.87. The van der Waals surface area contributed by atoms with Gasteiger partial charge in [0.05, 0.1) is 24.2 Å². The van der Waals surface area contributed by atoms with Gasteiger partial charge in [0.25, 0.3) is 0 Å². The summed E-state index contributed by atoms with van der Waals surface area (Å²) in [4.78, 5) is 0. The summed E-state index contributed by atoms with van der Waals surface area (Å²) < 4.78 is 12.8. The number of hydrogen-bond acceptors (Lipinski definition) is 4. The second-order valence-corrected chi connectivity index (χ2v) is 4.29. The number of rotatable bonds is 5. The smallest absolute Gasteiger partial charge is 0.142 e. The molecule has 0 amide bonds. The zero-order valence-corrected chi connectivity index (χ0v) is 11.5. The Bertz CT molecular complexity index is 564. The SMILES string of the molecule is CCn1nc(C)cc1COc1ccc(OC)c(N)c1. The third kappa shape index (κ3) is 2.99. The fourth-order valence-corrected chi connectivity index (χ4v) is 1.95. The van der Waals surface area contributed by atoms with Crippen LogP contribution in [0.1, 0.15) is 18.3 Å². The van der Waals surface area contributed by atoms with Crippen molar-refractivity contribution in [2.24, 2.45) is 0 Å². The largest absolute Gasteiger partial charge is 0.495 e. The number of nitrogens with two attached hydrogens (primary N) is 1. The maximum Gasteiger partial charge on any atom is 0.142 e. The number of aryl methyl sites for hydroxylation is 2. The lowest BCUT2D eigenvalue weighted by molar-refractivity contribution is 0.292. The molecule has 0 fully saturated rings. The Kier molecular flexibility index (Phi) is 3.94. The van der Waals surface area contributed by atoms with Crippen molar-refractivity contribution in [3.8, 4) is 11.5 Å². The molecule has 2 N–H and O–H groups in total. The zero-order valence-electron chi connectivity index (χ0n) is 11.5. The van der Waals surface area contributed by atoms with E-state index in [0.29, 0.717) is 18.0 Å². The summed E-state index contributed by atoms with van der Waals surface area (Å²) in [5, 5.41) is 4.38. The van der Waals surface area contributed by atoms with Crippen LogP contribution in [-0.4, -0.2) is 16.9 Å². The highest BCUT2D eigenvalue weighted by atomic mass is 16.5. The minimum Gasteiger partial charge on any atom is -0.495 e. The van der Waals surface area contributed by atoms with Gasteiger partial charge in [-0.3, -0.25) is 4.68 Å². The molecular weight excluding hydrogens is 242 g/mol. The van der Waals surface area contributed by atoms with Gasteiger partial charge >= 0.3 is 0 Å². The highest BCUT2D eigenvalue weighted by Crippen LogP contribution is 2.26. The number of anilines is 1. The normalized spacial score (nSPS) is 10.5. The Morgan fingerprint density at radius 1 is 1.32 bits per heavy atom. The van der Waals surface area contributed by atoms with Gasteiger partial charge in [-0.15, -0.1) is 0 Å². The fraction of sp³-hybridized carbons (Fsp3) is 0.357. The Labute approximate surface area is 112 Å². The van der Waals surface area contributed by atoms with Crippen molar-refractivity contribution in [1.29, 1.82) is 0 Å². The van der Waals surface area contributed by atoms with Crippen LogP contribution < -0.4 is 15.2 Å². The van der Waals surface area contributed by atoms with Gasteiger partial charge in [-0.2, -0.15) is 5.10 Å². The molecule has 1 aromatic heterocycles. The Morgan fingerprint density at radius 3 is 2.74 bits per heavy atom. The minimum atomic E-state index is 0.473. The number of methoxy groups -OCH3 is 1. The van der Waals surface area contributed by atoms with Crippen LogP contribution in [0, 0.1) is 6.92 Å². The summed E-state index contributed by atoms with van der Waals surface area (Å²) in [6.45, 7) is 5.33. The van der Waals surface area contributed by atoms with Crippen molar-refractivity contribution in [2.45, 2.75) is 27.0 Å². The quantitative estimate of drug-likeness (QED) is 0.839. The topological polar surface area (TPSA) is 62.3 Å². The predicted octanol–water partition coefficient (Wildman–Crippen LogP) is 2.38. The fourth-order valence-electron chi connectivity index (χ4n) is 1.95. The summed E-state index contributed by atoms with van der Waals surface area (Å²) in [5.41, 5.74) is 8.45. The highest BCUT2D eigenvalue weighted by Gasteiger charge is 2.06. The maximum absolute atomic E-state index is 5.84. The van der Waals surface area contributed by atoms with E-state index >= 15 is 0 Å². The van der Waals surface area contributed by atoms with Crippen LogP contribution in [0.2, 0.25) is 0 Å². The van der Waals surface area contributed by atoms with Gasteiger partial charge in [0, 0.05) is 12.6 Å². The molecule has 2 rings (SSSR count). The summed E-state index contributed by atoms with van der Waals surface area (Å²) in [6, 6.07) is 7.43. The van der Waals surface area contributed by atoms with Crippen molar-refractivity contribution in [3.05, 3.63) is 35.7 Å². The second-order valence-electron chi connectivity index (χ2n) is 4.29. The molecule has 0 aliphatic heterocycles. The van der Waals surface area contributed by atoms with Crippen molar-refractivity contribution in [1.82, 2.24) is 9.78 Å². The van der Waals surface area contributed by atoms with Crippen molar-refractivity contribution in [3.63, 3.8) is 0 Å². The molecule has 0 saturated carbocycles. The molecule has 102 valence electrons. The van der Waals surface area contributed by atoms with Crippen LogP contribution in [0.15, 0.2) is 24.3 Å². The zero-order chi connectivity index (χ0) is 13.8. The molecule has 2 aromatic rings. The van der Waals surface area contributed by atoms with Gasteiger partial charge in [-0.1, -0.05) is 0 Å². The van der Waals surface area contributed by atoms with Gasteiger partial charge in [0.2, 0.25) is 0 Å². The molecule has 5 nitrogen and oxygen atoms in total. The van der Waals surface area contributed by atoms with Crippen molar-refractivity contribution < 1.29 is 9.47 Å². The number of aromatic nitrogens is 2. The van der Waals surface area contributed by atoms with Crippen LogP contribution in [0.5, 0.6) is 11.5 Å².